The van der Waals surface area contributed by atoms with Gasteiger partial charge in [-0.1, -0.05) is 11.6 Å². The summed E-state index contributed by atoms with van der Waals surface area (Å²) in [5.74, 6) is 0.353. The molecule has 1 aromatic heterocycles. The fraction of sp³-hybridized carbons (Fsp3) is 0.400. The van der Waals surface area contributed by atoms with Crippen molar-refractivity contribution >= 4 is 45.8 Å². The van der Waals surface area contributed by atoms with Gasteiger partial charge in [0.15, 0.2) is 0 Å². The molecule has 0 saturated carbocycles. The maximum absolute atomic E-state index is 11.8. The van der Waals surface area contributed by atoms with Gasteiger partial charge in [0.05, 0.1) is 9.26 Å². The summed E-state index contributed by atoms with van der Waals surface area (Å²) in [6, 6.07) is 1.81. The van der Waals surface area contributed by atoms with Gasteiger partial charge in [-0.05, 0) is 41.1 Å². The molecular formula is C10H11ClIN3O. The standard InChI is InChI=1S/C10H11ClIN3O/c11-10-9(12)7(1-2-14-10)15-5-6(4-13)3-8(15)16/h1-2,6H,3-5,13H2. The average molecular weight is 352 g/mol. The molecule has 1 unspecified atom stereocenters. The lowest BCUT2D eigenvalue weighted by Crippen LogP contribution is -2.26. The molecule has 0 radical (unpaired) electrons. The SMILES string of the molecule is NCC1CC(=O)N(c2ccnc(Cl)c2I)C1. The number of halogens is 2. The Morgan fingerprint density at radius 2 is 2.44 bits per heavy atom. The van der Waals surface area contributed by atoms with Crippen molar-refractivity contribution in [2.45, 2.75) is 6.42 Å². The number of aromatic nitrogens is 1. The molecule has 1 aromatic rings. The quantitative estimate of drug-likeness (QED) is 0.651. The lowest BCUT2D eigenvalue weighted by molar-refractivity contribution is -0.117. The predicted octanol–water partition coefficient (Wildman–Crippen LogP) is 1.65. The number of nitrogens with two attached hydrogens (primary N) is 1. The highest BCUT2D eigenvalue weighted by molar-refractivity contribution is 14.1. The number of carbonyl (C=O) groups excluding carboxylic acids is 1. The molecule has 0 aromatic carbocycles. The maximum Gasteiger partial charge on any atom is 0.227 e. The number of amides is 1. The minimum atomic E-state index is 0.107. The van der Waals surface area contributed by atoms with Crippen molar-refractivity contribution < 1.29 is 4.79 Å². The Bertz CT molecular complexity index is 427. The lowest BCUT2D eigenvalue weighted by Gasteiger charge is -2.18. The Labute approximate surface area is 112 Å². The van der Waals surface area contributed by atoms with Crippen LogP contribution in [0.1, 0.15) is 6.42 Å². The Balaban J connectivity index is 2.31. The molecule has 4 nitrogen and oxygen atoms in total. The topological polar surface area (TPSA) is 59.2 Å². The van der Waals surface area contributed by atoms with Crippen LogP contribution in [0.4, 0.5) is 5.69 Å². The Hall–Kier alpha value is -0.400. The van der Waals surface area contributed by atoms with Crippen LogP contribution in [0, 0.1) is 9.49 Å². The molecule has 1 aliphatic rings. The number of hydrogen-bond acceptors (Lipinski definition) is 3. The van der Waals surface area contributed by atoms with Crippen molar-refractivity contribution in [3.05, 3.63) is 21.0 Å². The highest BCUT2D eigenvalue weighted by Crippen LogP contribution is 2.31. The summed E-state index contributed by atoms with van der Waals surface area (Å²) in [4.78, 5) is 17.5. The molecule has 1 aliphatic heterocycles. The fourth-order valence-corrected chi connectivity index (χ4v) is 2.55. The van der Waals surface area contributed by atoms with Crippen LogP contribution >= 0.6 is 34.2 Å². The number of rotatable bonds is 2. The van der Waals surface area contributed by atoms with E-state index in [-0.39, 0.29) is 11.8 Å². The zero-order valence-electron chi connectivity index (χ0n) is 8.49. The summed E-state index contributed by atoms with van der Waals surface area (Å²) < 4.78 is 0.813. The zero-order chi connectivity index (χ0) is 11.7. The molecule has 1 atom stereocenters. The molecular weight excluding hydrogens is 340 g/mol. The summed E-state index contributed by atoms with van der Waals surface area (Å²) >= 11 is 8.03. The van der Waals surface area contributed by atoms with Crippen molar-refractivity contribution in [1.29, 1.82) is 0 Å². The summed E-state index contributed by atoms with van der Waals surface area (Å²) in [5, 5.41) is 0.432. The largest absolute Gasteiger partial charge is 0.330 e. The minimum Gasteiger partial charge on any atom is -0.330 e. The van der Waals surface area contributed by atoms with E-state index in [9.17, 15) is 4.79 Å². The third kappa shape index (κ3) is 2.16. The van der Waals surface area contributed by atoms with Crippen LogP contribution in [-0.2, 0) is 4.79 Å². The molecule has 6 heteroatoms. The van der Waals surface area contributed by atoms with E-state index >= 15 is 0 Å². The molecule has 2 rings (SSSR count). The van der Waals surface area contributed by atoms with Crippen molar-refractivity contribution in [2.24, 2.45) is 11.7 Å². The van der Waals surface area contributed by atoms with Gasteiger partial charge >= 0.3 is 0 Å². The molecule has 1 fully saturated rings. The number of anilines is 1. The number of nitrogens with zero attached hydrogens (tertiary/aromatic N) is 2. The Morgan fingerprint density at radius 1 is 1.69 bits per heavy atom. The van der Waals surface area contributed by atoms with E-state index in [1.54, 1.807) is 11.1 Å². The predicted molar refractivity (Wildman–Crippen MR) is 71.5 cm³/mol. The number of carbonyl (C=O) groups is 1. The highest BCUT2D eigenvalue weighted by atomic mass is 127. The van der Waals surface area contributed by atoms with Gasteiger partial charge in [0.25, 0.3) is 0 Å². The van der Waals surface area contributed by atoms with E-state index in [0.717, 1.165) is 9.26 Å². The number of pyridine rings is 1. The first-order chi connectivity index (χ1) is 7.63. The lowest BCUT2D eigenvalue weighted by atomic mass is 10.1. The van der Waals surface area contributed by atoms with E-state index in [1.807, 2.05) is 6.07 Å². The van der Waals surface area contributed by atoms with E-state index in [1.165, 1.54) is 0 Å². The molecule has 2 heterocycles. The summed E-state index contributed by atoms with van der Waals surface area (Å²) in [7, 11) is 0. The monoisotopic (exact) mass is 351 g/mol. The molecule has 1 amide bonds. The normalized spacial score (nSPS) is 20.6. The van der Waals surface area contributed by atoms with Gasteiger partial charge in [-0.2, -0.15) is 0 Å². The van der Waals surface area contributed by atoms with E-state index in [2.05, 4.69) is 27.6 Å². The van der Waals surface area contributed by atoms with Crippen LogP contribution in [0.2, 0.25) is 5.15 Å². The summed E-state index contributed by atoms with van der Waals surface area (Å²) in [5.41, 5.74) is 6.42. The highest BCUT2D eigenvalue weighted by Gasteiger charge is 2.31. The van der Waals surface area contributed by atoms with Crippen LogP contribution in [0.15, 0.2) is 12.3 Å². The van der Waals surface area contributed by atoms with Gasteiger partial charge in [0.1, 0.15) is 5.15 Å². The van der Waals surface area contributed by atoms with E-state index < -0.39 is 0 Å². The van der Waals surface area contributed by atoms with Crippen LogP contribution in [0.5, 0.6) is 0 Å². The third-order valence-electron chi connectivity index (χ3n) is 2.66. The average Bonchev–Trinajstić information content (AvgIpc) is 2.64. The van der Waals surface area contributed by atoms with Gasteiger partial charge in [0, 0.05) is 19.2 Å². The summed E-state index contributed by atoms with van der Waals surface area (Å²) in [6.45, 7) is 1.21. The molecule has 86 valence electrons. The molecule has 2 N–H and O–H groups in total. The van der Waals surface area contributed by atoms with Gasteiger partial charge < -0.3 is 10.6 Å². The van der Waals surface area contributed by atoms with Gasteiger partial charge in [-0.15, -0.1) is 0 Å². The number of hydrogen-bond donors (Lipinski definition) is 1. The smallest absolute Gasteiger partial charge is 0.227 e. The second kappa shape index (κ2) is 4.85. The molecule has 0 bridgehead atoms. The first-order valence-corrected chi connectivity index (χ1v) is 6.39. The van der Waals surface area contributed by atoms with E-state index in [0.29, 0.717) is 24.7 Å². The van der Waals surface area contributed by atoms with Crippen molar-refractivity contribution in [1.82, 2.24) is 4.98 Å². The van der Waals surface area contributed by atoms with Gasteiger partial charge in [-0.25, -0.2) is 4.98 Å². The zero-order valence-corrected chi connectivity index (χ0v) is 11.4. The second-order valence-corrected chi connectivity index (χ2v) is 5.18. The van der Waals surface area contributed by atoms with Crippen molar-refractivity contribution in [3.63, 3.8) is 0 Å². The third-order valence-corrected chi connectivity index (χ3v) is 4.32. The molecule has 0 aliphatic carbocycles. The molecule has 0 spiro atoms. The molecule has 1 saturated heterocycles. The Morgan fingerprint density at radius 3 is 3.06 bits per heavy atom. The van der Waals surface area contributed by atoms with Crippen LogP contribution in [0.25, 0.3) is 0 Å². The van der Waals surface area contributed by atoms with E-state index in [4.69, 9.17) is 17.3 Å². The van der Waals surface area contributed by atoms with Gasteiger partial charge in [0.2, 0.25) is 5.91 Å². The van der Waals surface area contributed by atoms with Crippen molar-refractivity contribution in [2.75, 3.05) is 18.0 Å². The Kier molecular flexibility index (Phi) is 3.66. The summed E-state index contributed by atoms with van der Waals surface area (Å²) in [6.07, 6.45) is 2.13. The van der Waals surface area contributed by atoms with Gasteiger partial charge in [-0.3, -0.25) is 4.79 Å². The van der Waals surface area contributed by atoms with Crippen LogP contribution < -0.4 is 10.6 Å². The second-order valence-electron chi connectivity index (χ2n) is 3.75. The molecule has 16 heavy (non-hydrogen) atoms. The van der Waals surface area contributed by atoms with Crippen molar-refractivity contribution in [3.8, 4) is 0 Å². The first kappa shape index (κ1) is 12.1. The maximum atomic E-state index is 11.8. The first-order valence-electron chi connectivity index (χ1n) is 4.94. The minimum absolute atomic E-state index is 0.107. The van der Waals surface area contributed by atoms with Crippen LogP contribution in [-0.4, -0.2) is 24.0 Å². The van der Waals surface area contributed by atoms with Crippen LogP contribution in [0.3, 0.4) is 0 Å². The fourth-order valence-electron chi connectivity index (χ4n) is 1.79.